The van der Waals surface area contributed by atoms with Gasteiger partial charge in [0, 0.05) is 12.1 Å². The van der Waals surface area contributed by atoms with Gasteiger partial charge in [-0.15, -0.1) is 0 Å². The van der Waals surface area contributed by atoms with Crippen molar-refractivity contribution in [3.8, 4) is 0 Å². The van der Waals surface area contributed by atoms with E-state index in [9.17, 15) is 4.39 Å². The average Bonchev–Trinajstić information content (AvgIpc) is 2.56. The molecule has 3 heteroatoms. The summed E-state index contributed by atoms with van der Waals surface area (Å²) in [4.78, 5) is 2.43. The zero-order chi connectivity index (χ0) is 13.8. The van der Waals surface area contributed by atoms with Crippen LogP contribution in [-0.4, -0.2) is 24.0 Å². The summed E-state index contributed by atoms with van der Waals surface area (Å²) in [7, 11) is 0. The number of nitrogens with two attached hydrogens (primary N) is 1. The van der Waals surface area contributed by atoms with Gasteiger partial charge in [0.2, 0.25) is 0 Å². The molecule has 1 saturated heterocycles. The molecule has 2 rings (SSSR count). The summed E-state index contributed by atoms with van der Waals surface area (Å²) >= 11 is 0. The van der Waals surface area contributed by atoms with E-state index in [1.807, 2.05) is 12.1 Å². The predicted molar refractivity (Wildman–Crippen MR) is 77.6 cm³/mol. The van der Waals surface area contributed by atoms with Crippen LogP contribution >= 0.6 is 0 Å². The summed E-state index contributed by atoms with van der Waals surface area (Å²) in [5, 5.41) is 0. The number of halogens is 1. The van der Waals surface area contributed by atoms with Crippen LogP contribution in [0.2, 0.25) is 0 Å². The molecule has 2 atom stereocenters. The van der Waals surface area contributed by atoms with E-state index in [4.69, 9.17) is 5.73 Å². The highest BCUT2D eigenvalue weighted by Crippen LogP contribution is 2.30. The maximum atomic E-state index is 13.8. The lowest BCUT2D eigenvalue weighted by Gasteiger charge is -2.33. The minimum absolute atomic E-state index is 0.108. The van der Waals surface area contributed by atoms with Gasteiger partial charge in [-0.05, 0) is 56.5 Å². The Hall–Kier alpha value is -0.930. The molecule has 19 heavy (non-hydrogen) atoms. The summed E-state index contributed by atoms with van der Waals surface area (Å²) in [6.45, 7) is 6.09. The van der Waals surface area contributed by atoms with Crippen LogP contribution < -0.4 is 5.73 Å². The van der Waals surface area contributed by atoms with Gasteiger partial charge in [0.1, 0.15) is 5.82 Å². The van der Waals surface area contributed by atoms with E-state index in [1.54, 1.807) is 13.0 Å². The highest BCUT2D eigenvalue weighted by molar-refractivity contribution is 5.27. The smallest absolute Gasteiger partial charge is 0.126 e. The fourth-order valence-corrected chi connectivity index (χ4v) is 3.05. The van der Waals surface area contributed by atoms with Crippen LogP contribution in [0.25, 0.3) is 0 Å². The molecule has 0 bridgehead atoms. The minimum Gasteiger partial charge on any atom is -0.326 e. The first kappa shape index (κ1) is 14.5. The Morgan fingerprint density at radius 1 is 1.37 bits per heavy atom. The van der Waals surface area contributed by atoms with Crippen LogP contribution in [0.3, 0.4) is 0 Å². The number of hydrogen-bond acceptors (Lipinski definition) is 2. The minimum atomic E-state index is -0.120. The van der Waals surface area contributed by atoms with Crippen molar-refractivity contribution in [3.05, 3.63) is 35.1 Å². The van der Waals surface area contributed by atoms with Gasteiger partial charge < -0.3 is 5.73 Å². The first-order valence-corrected chi connectivity index (χ1v) is 7.39. The topological polar surface area (TPSA) is 29.3 Å². The second kappa shape index (κ2) is 6.49. The van der Waals surface area contributed by atoms with Crippen molar-refractivity contribution in [1.29, 1.82) is 0 Å². The predicted octanol–water partition coefficient (Wildman–Crippen LogP) is 3.40. The normalized spacial score (nSPS) is 25.3. The molecule has 0 spiro atoms. The molecule has 2 unspecified atom stereocenters. The molecule has 0 amide bonds. The van der Waals surface area contributed by atoms with E-state index in [2.05, 4.69) is 11.8 Å². The molecule has 2 nitrogen and oxygen atoms in total. The second-order valence-corrected chi connectivity index (χ2v) is 5.65. The maximum Gasteiger partial charge on any atom is 0.126 e. The molecule has 0 aliphatic carbocycles. The number of aryl methyl sites for hydroxylation is 1. The number of likely N-dealkylation sites (tertiary alicyclic amines) is 1. The van der Waals surface area contributed by atoms with Crippen molar-refractivity contribution in [3.63, 3.8) is 0 Å². The number of nitrogens with zero attached hydrogens (tertiary/aromatic N) is 1. The Bertz CT molecular complexity index is 419. The summed E-state index contributed by atoms with van der Waals surface area (Å²) in [5.74, 6) is -0.120. The lowest BCUT2D eigenvalue weighted by atomic mass is 9.95. The van der Waals surface area contributed by atoms with Crippen LogP contribution in [0.5, 0.6) is 0 Å². The van der Waals surface area contributed by atoms with Crippen molar-refractivity contribution < 1.29 is 4.39 Å². The van der Waals surface area contributed by atoms with Gasteiger partial charge in [0.15, 0.2) is 0 Å². The van der Waals surface area contributed by atoms with Crippen molar-refractivity contribution in [2.45, 2.75) is 51.6 Å². The van der Waals surface area contributed by atoms with Crippen LogP contribution in [0.1, 0.15) is 49.8 Å². The highest BCUT2D eigenvalue weighted by Gasteiger charge is 2.28. The van der Waals surface area contributed by atoms with Crippen LogP contribution in [0.15, 0.2) is 18.2 Å². The van der Waals surface area contributed by atoms with Crippen molar-refractivity contribution in [2.75, 3.05) is 13.1 Å². The van der Waals surface area contributed by atoms with Gasteiger partial charge in [-0.2, -0.15) is 0 Å². The van der Waals surface area contributed by atoms with Crippen molar-refractivity contribution in [1.82, 2.24) is 4.90 Å². The highest BCUT2D eigenvalue weighted by atomic mass is 19.1. The van der Waals surface area contributed by atoms with E-state index in [1.165, 1.54) is 12.8 Å². The SMILES string of the molecule is CCCN1CCCCC(N)C1c1ccc(C)c(F)c1. The molecule has 0 radical (unpaired) electrons. The van der Waals surface area contributed by atoms with Crippen molar-refractivity contribution in [2.24, 2.45) is 5.73 Å². The monoisotopic (exact) mass is 264 g/mol. The maximum absolute atomic E-state index is 13.8. The standard InChI is InChI=1S/C16H25FN2/c1-3-9-19-10-5-4-6-15(18)16(19)13-8-7-12(2)14(17)11-13/h7-8,11,15-16H,3-6,9-10,18H2,1-2H3. The lowest BCUT2D eigenvalue weighted by molar-refractivity contribution is 0.185. The van der Waals surface area contributed by atoms with E-state index < -0.39 is 0 Å². The molecule has 0 saturated carbocycles. The fraction of sp³-hybridized carbons (Fsp3) is 0.625. The van der Waals surface area contributed by atoms with Gasteiger partial charge in [0.05, 0.1) is 0 Å². The van der Waals surface area contributed by atoms with Gasteiger partial charge in [-0.1, -0.05) is 25.5 Å². The van der Waals surface area contributed by atoms with Crippen molar-refractivity contribution >= 4 is 0 Å². The van der Waals surface area contributed by atoms with E-state index >= 15 is 0 Å². The second-order valence-electron chi connectivity index (χ2n) is 5.65. The third-order valence-corrected chi connectivity index (χ3v) is 4.08. The van der Waals surface area contributed by atoms with Gasteiger partial charge in [-0.3, -0.25) is 4.90 Å². The first-order valence-electron chi connectivity index (χ1n) is 7.39. The van der Waals surface area contributed by atoms with E-state index in [0.717, 1.165) is 31.5 Å². The molecule has 106 valence electrons. The molecule has 0 aromatic heterocycles. The molecule has 1 aromatic carbocycles. The molecule has 1 aliphatic rings. The molecule has 1 heterocycles. The quantitative estimate of drug-likeness (QED) is 0.906. The molecule has 1 aliphatic heterocycles. The van der Waals surface area contributed by atoms with Gasteiger partial charge >= 0.3 is 0 Å². The number of benzene rings is 1. The third-order valence-electron chi connectivity index (χ3n) is 4.08. The Kier molecular flexibility index (Phi) is 4.94. The average molecular weight is 264 g/mol. The Morgan fingerprint density at radius 3 is 2.84 bits per heavy atom. The third kappa shape index (κ3) is 3.34. The Balaban J connectivity index is 2.31. The van der Waals surface area contributed by atoms with Crippen LogP contribution in [-0.2, 0) is 0 Å². The summed E-state index contributed by atoms with van der Waals surface area (Å²) in [6.07, 6.45) is 4.50. The lowest BCUT2D eigenvalue weighted by Crippen LogP contribution is -2.40. The number of hydrogen-bond donors (Lipinski definition) is 1. The Labute approximate surface area is 115 Å². The molecular formula is C16H25FN2. The molecule has 1 fully saturated rings. The molecule has 2 N–H and O–H groups in total. The van der Waals surface area contributed by atoms with Crippen LogP contribution in [0, 0.1) is 12.7 Å². The zero-order valence-corrected chi connectivity index (χ0v) is 12.0. The molecular weight excluding hydrogens is 239 g/mol. The van der Waals surface area contributed by atoms with Gasteiger partial charge in [0.25, 0.3) is 0 Å². The summed E-state index contributed by atoms with van der Waals surface area (Å²) in [5.41, 5.74) is 8.09. The van der Waals surface area contributed by atoms with Gasteiger partial charge in [-0.25, -0.2) is 4.39 Å². The van der Waals surface area contributed by atoms with E-state index in [0.29, 0.717) is 5.56 Å². The fourth-order valence-electron chi connectivity index (χ4n) is 3.05. The van der Waals surface area contributed by atoms with E-state index in [-0.39, 0.29) is 17.9 Å². The Morgan fingerprint density at radius 2 is 2.16 bits per heavy atom. The van der Waals surface area contributed by atoms with Crippen LogP contribution in [0.4, 0.5) is 4.39 Å². The number of rotatable bonds is 3. The first-order chi connectivity index (χ1) is 9.13. The molecule has 1 aromatic rings. The summed E-state index contributed by atoms with van der Waals surface area (Å²) in [6, 6.07) is 5.85. The summed E-state index contributed by atoms with van der Waals surface area (Å²) < 4.78 is 13.8. The zero-order valence-electron chi connectivity index (χ0n) is 12.0. The largest absolute Gasteiger partial charge is 0.326 e.